The number of carbonyl (C=O) groups excluding carboxylic acids is 2. The monoisotopic (exact) mass is 318 g/mol. The van der Waals surface area contributed by atoms with Crippen LogP contribution in [0.5, 0.6) is 0 Å². The van der Waals surface area contributed by atoms with Gasteiger partial charge in [-0.3, -0.25) is 0 Å². The molecule has 0 amide bonds. The van der Waals surface area contributed by atoms with Crippen molar-refractivity contribution in [2.75, 3.05) is 6.61 Å². The van der Waals surface area contributed by atoms with E-state index < -0.39 is 30.1 Å². The summed E-state index contributed by atoms with van der Waals surface area (Å²) in [5.74, 6) is -2.64. The first-order valence-electron chi connectivity index (χ1n) is 7.24. The summed E-state index contributed by atoms with van der Waals surface area (Å²) in [5.41, 5.74) is -0.763. The van der Waals surface area contributed by atoms with Crippen LogP contribution in [0.2, 0.25) is 0 Å². The Hall–Kier alpha value is -2.63. The molecule has 0 aromatic heterocycles. The molecule has 0 spiro atoms. The van der Waals surface area contributed by atoms with Gasteiger partial charge in [-0.15, -0.1) is 0 Å². The minimum absolute atomic E-state index is 0.244. The molecule has 0 saturated carbocycles. The van der Waals surface area contributed by atoms with Gasteiger partial charge in [0.2, 0.25) is 0 Å². The zero-order chi connectivity index (χ0) is 17.0. The van der Waals surface area contributed by atoms with Crippen LogP contribution in [0.15, 0.2) is 36.4 Å². The third-order valence-corrected chi connectivity index (χ3v) is 3.46. The number of aliphatic carboxylic acids is 1. The minimum atomic E-state index is -2.05. The van der Waals surface area contributed by atoms with Crippen molar-refractivity contribution in [3.8, 4) is 0 Å². The van der Waals surface area contributed by atoms with Gasteiger partial charge in [-0.05, 0) is 17.9 Å². The Morgan fingerprint density at radius 3 is 2.35 bits per heavy atom. The number of hydrogen-bond acceptors (Lipinski definition) is 5. The minimum Gasteiger partial charge on any atom is -0.478 e. The molecule has 6 heteroatoms. The van der Waals surface area contributed by atoms with Crippen molar-refractivity contribution in [3.63, 3.8) is 0 Å². The molecule has 1 unspecified atom stereocenters. The van der Waals surface area contributed by atoms with Gasteiger partial charge in [0, 0.05) is 17.7 Å². The van der Waals surface area contributed by atoms with Gasteiger partial charge in [-0.25, -0.2) is 14.4 Å². The van der Waals surface area contributed by atoms with E-state index in [4.69, 9.17) is 9.47 Å². The second-order valence-electron chi connectivity index (χ2n) is 5.79. The predicted octanol–water partition coefficient (Wildman–Crippen LogP) is 1.82. The molecule has 122 valence electrons. The van der Waals surface area contributed by atoms with Gasteiger partial charge in [0.25, 0.3) is 5.60 Å². The number of carboxylic acids is 1. The molecule has 23 heavy (non-hydrogen) atoms. The molecule has 0 saturated heterocycles. The van der Waals surface area contributed by atoms with Gasteiger partial charge in [-0.1, -0.05) is 38.1 Å². The van der Waals surface area contributed by atoms with E-state index >= 15 is 0 Å². The van der Waals surface area contributed by atoms with Crippen LogP contribution in [-0.4, -0.2) is 29.6 Å². The van der Waals surface area contributed by atoms with Gasteiger partial charge < -0.3 is 14.6 Å². The third kappa shape index (κ3) is 3.77. The number of carboxylic acid groups (broad SMARTS) is 1. The highest BCUT2D eigenvalue weighted by atomic mass is 16.6. The largest absolute Gasteiger partial charge is 0.478 e. The van der Waals surface area contributed by atoms with E-state index in [9.17, 15) is 19.5 Å². The van der Waals surface area contributed by atoms with Crippen LogP contribution < -0.4 is 0 Å². The molecule has 0 aliphatic carbocycles. The van der Waals surface area contributed by atoms with Crippen LogP contribution in [-0.2, 0) is 35.9 Å². The molecule has 1 aliphatic rings. The Morgan fingerprint density at radius 1 is 1.17 bits per heavy atom. The highest BCUT2D eigenvalue weighted by Crippen LogP contribution is 2.29. The van der Waals surface area contributed by atoms with Crippen molar-refractivity contribution in [1.82, 2.24) is 0 Å². The van der Waals surface area contributed by atoms with E-state index in [2.05, 4.69) is 13.8 Å². The lowest BCUT2D eigenvalue weighted by atomic mass is 9.92. The molecular weight excluding hydrogens is 300 g/mol. The Kier molecular flexibility index (Phi) is 4.83. The van der Waals surface area contributed by atoms with E-state index in [-0.39, 0.29) is 5.56 Å². The topological polar surface area (TPSA) is 89.9 Å². The SMILES string of the molecule is CC(C)Cc1ccc(C2(C(=O)O)COC(=O)/C=C/C(=O)O2)cc1. The number of carbonyl (C=O) groups is 3. The maximum atomic E-state index is 11.8. The first-order chi connectivity index (χ1) is 10.8. The second-order valence-corrected chi connectivity index (χ2v) is 5.79. The number of cyclic esters (lactones) is 2. The van der Waals surface area contributed by atoms with Crippen molar-refractivity contribution in [2.45, 2.75) is 25.9 Å². The maximum Gasteiger partial charge on any atom is 0.356 e. The van der Waals surface area contributed by atoms with E-state index in [1.807, 2.05) is 0 Å². The van der Waals surface area contributed by atoms with E-state index in [0.717, 1.165) is 24.1 Å². The Bertz CT molecular complexity index is 644. The molecule has 6 nitrogen and oxygen atoms in total. The number of rotatable bonds is 4. The first-order valence-corrected chi connectivity index (χ1v) is 7.24. The molecule has 2 rings (SSSR count). The smallest absolute Gasteiger partial charge is 0.356 e. The molecule has 1 atom stereocenters. The second kappa shape index (κ2) is 6.64. The summed E-state index contributed by atoms with van der Waals surface area (Å²) >= 11 is 0. The van der Waals surface area contributed by atoms with Crippen LogP contribution in [0.4, 0.5) is 0 Å². The van der Waals surface area contributed by atoms with Gasteiger partial charge in [0.15, 0.2) is 0 Å². The number of esters is 2. The summed E-state index contributed by atoms with van der Waals surface area (Å²) in [4.78, 5) is 34.9. The Balaban J connectivity index is 2.40. The zero-order valence-electron chi connectivity index (χ0n) is 12.9. The number of benzene rings is 1. The lowest BCUT2D eigenvalue weighted by Crippen LogP contribution is -2.45. The van der Waals surface area contributed by atoms with E-state index in [1.54, 1.807) is 24.3 Å². The van der Waals surface area contributed by atoms with Crippen LogP contribution in [0.3, 0.4) is 0 Å². The van der Waals surface area contributed by atoms with Gasteiger partial charge in [0.1, 0.15) is 6.61 Å². The normalized spacial score (nSPS) is 22.7. The van der Waals surface area contributed by atoms with Crippen molar-refractivity contribution in [2.24, 2.45) is 5.92 Å². The standard InChI is InChI=1S/C17H18O6/c1-11(2)9-12-3-5-13(6-4-12)17(16(20)21)10-22-14(18)7-8-15(19)23-17/h3-8,11H,9-10H2,1-2H3,(H,20,21)/b8-7+. The molecule has 0 radical (unpaired) electrons. The summed E-state index contributed by atoms with van der Waals surface area (Å²) < 4.78 is 9.97. The summed E-state index contributed by atoms with van der Waals surface area (Å²) in [6.07, 6.45) is 2.60. The molecule has 1 aromatic rings. The highest BCUT2D eigenvalue weighted by molar-refractivity contribution is 5.95. The maximum absolute atomic E-state index is 11.8. The number of ether oxygens (including phenoxy) is 2. The van der Waals surface area contributed by atoms with Gasteiger partial charge in [-0.2, -0.15) is 0 Å². The summed E-state index contributed by atoms with van der Waals surface area (Å²) in [5, 5.41) is 9.59. The van der Waals surface area contributed by atoms with Crippen LogP contribution >= 0.6 is 0 Å². The lowest BCUT2D eigenvalue weighted by Gasteiger charge is -2.29. The lowest BCUT2D eigenvalue weighted by molar-refractivity contribution is -0.187. The quantitative estimate of drug-likeness (QED) is 0.852. The van der Waals surface area contributed by atoms with Crippen LogP contribution in [0.25, 0.3) is 0 Å². The van der Waals surface area contributed by atoms with E-state index in [1.165, 1.54) is 0 Å². The Labute approximate surface area is 133 Å². The molecule has 1 heterocycles. The fourth-order valence-corrected chi connectivity index (χ4v) is 2.34. The van der Waals surface area contributed by atoms with E-state index in [0.29, 0.717) is 5.92 Å². The first kappa shape index (κ1) is 16.7. The fraction of sp³-hybridized carbons (Fsp3) is 0.353. The van der Waals surface area contributed by atoms with Gasteiger partial charge >= 0.3 is 17.9 Å². The fourth-order valence-electron chi connectivity index (χ4n) is 2.34. The zero-order valence-corrected chi connectivity index (χ0v) is 12.9. The molecule has 0 fully saturated rings. The van der Waals surface area contributed by atoms with Crippen molar-refractivity contribution < 1.29 is 29.0 Å². The van der Waals surface area contributed by atoms with Crippen molar-refractivity contribution in [3.05, 3.63) is 47.5 Å². The number of hydrogen-bond donors (Lipinski definition) is 1. The molecule has 1 aliphatic heterocycles. The summed E-state index contributed by atoms with van der Waals surface area (Å²) in [7, 11) is 0. The molecular formula is C17H18O6. The average Bonchev–Trinajstić information content (AvgIpc) is 2.48. The summed E-state index contributed by atoms with van der Waals surface area (Å²) in [6.45, 7) is 3.57. The van der Waals surface area contributed by atoms with Gasteiger partial charge in [0.05, 0.1) is 0 Å². The highest BCUT2D eigenvalue weighted by Gasteiger charge is 2.46. The predicted molar refractivity (Wildman–Crippen MR) is 80.5 cm³/mol. The third-order valence-electron chi connectivity index (χ3n) is 3.46. The molecule has 0 bridgehead atoms. The average molecular weight is 318 g/mol. The molecule has 1 aromatic carbocycles. The van der Waals surface area contributed by atoms with Crippen molar-refractivity contribution in [1.29, 1.82) is 0 Å². The molecule has 1 N–H and O–H groups in total. The van der Waals surface area contributed by atoms with Crippen LogP contribution in [0, 0.1) is 5.92 Å². The van der Waals surface area contributed by atoms with Crippen LogP contribution in [0.1, 0.15) is 25.0 Å². The van der Waals surface area contributed by atoms with Crippen molar-refractivity contribution >= 4 is 17.9 Å². The Morgan fingerprint density at radius 2 is 1.78 bits per heavy atom. The summed E-state index contributed by atoms with van der Waals surface area (Å²) in [6, 6.07) is 6.73.